The summed E-state index contributed by atoms with van der Waals surface area (Å²) in [7, 11) is 0. The number of rotatable bonds is 2. The number of fused-ring (bicyclic) bond motifs is 2. The van der Waals surface area contributed by atoms with E-state index in [1.807, 2.05) is 17.0 Å². The second-order valence-electron chi connectivity index (χ2n) is 6.92. The number of carbonyl (C=O) groups is 1. The SMILES string of the molecule is CC1c2ccc(-c3ccco3)cc2CCN1C(=O)c1cc2ncc(Br)cn2n1. The van der Waals surface area contributed by atoms with Crippen LogP contribution < -0.4 is 0 Å². The second kappa shape index (κ2) is 6.60. The van der Waals surface area contributed by atoms with Gasteiger partial charge in [-0.15, -0.1) is 0 Å². The predicted octanol–water partition coefficient (Wildman–Crippen LogP) is 4.51. The van der Waals surface area contributed by atoms with E-state index in [1.54, 1.807) is 29.2 Å². The molecular formula is C21H17BrN4O2. The lowest BCUT2D eigenvalue weighted by molar-refractivity contribution is 0.0671. The minimum Gasteiger partial charge on any atom is -0.464 e. The molecule has 1 unspecified atom stereocenters. The van der Waals surface area contributed by atoms with Crippen molar-refractivity contribution in [2.24, 2.45) is 0 Å². The van der Waals surface area contributed by atoms with E-state index in [0.29, 0.717) is 17.9 Å². The van der Waals surface area contributed by atoms with Crippen LogP contribution in [0.25, 0.3) is 17.0 Å². The van der Waals surface area contributed by atoms with E-state index < -0.39 is 0 Å². The van der Waals surface area contributed by atoms with E-state index in [1.165, 1.54) is 11.1 Å². The van der Waals surface area contributed by atoms with Crippen LogP contribution >= 0.6 is 15.9 Å². The molecule has 6 nitrogen and oxygen atoms in total. The minimum atomic E-state index is -0.0742. The summed E-state index contributed by atoms with van der Waals surface area (Å²) in [6.45, 7) is 2.71. The van der Waals surface area contributed by atoms with Gasteiger partial charge in [-0.25, -0.2) is 9.50 Å². The van der Waals surface area contributed by atoms with Crippen molar-refractivity contribution in [3.05, 3.63) is 76.3 Å². The van der Waals surface area contributed by atoms with Gasteiger partial charge in [0.05, 0.1) is 16.8 Å². The number of hydrogen-bond donors (Lipinski definition) is 0. The Morgan fingerprint density at radius 1 is 1.29 bits per heavy atom. The number of amides is 1. The highest BCUT2D eigenvalue weighted by molar-refractivity contribution is 9.10. The maximum absolute atomic E-state index is 13.1. The lowest BCUT2D eigenvalue weighted by Crippen LogP contribution is -2.39. The van der Waals surface area contributed by atoms with Gasteiger partial charge in [-0.3, -0.25) is 4.79 Å². The molecule has 4 aromatic rings. The van der Waals surface area contributed by atoms with Crippen LogP contribution in [0.2, 0.25) is 0 Å². The monoisotopic (exact) mass is 436 g/mol. The largest absolute Gasteiger partial charge is 0.464 e. The highest BCUT2D eigenvalue weighted by Gasteiger charge is 2.30. The lowest BCUT2D eigenvalue weighted by Gasteiger charge is -2.35. The zero-order valence-electron chi connectivity index (χ0n) is 15.2. The Hall–Kier alpha value is -2.93. The van der Waals surface area contributed by atoms with Crippen molar-refractivity contribution in [2.45, 2.75) is 19.4 Å². The quantitative estimate of drug-likeness (QED) is 0.463. The topological polar surface area (TPSA) is 63.6 Å². The number of furan rings is 1. The molecule has 4 heterocycles. The average Bonchev–Trinajstić information content (AvgIpc) is 3.37. The molecule has 0 saturated carbocycles. The van der Waals surface area contributed by atoms with Crippen molar-refractivity contribution in [2.75, 3.05) is 6.54 Å². The fourth-order valence-corrected chi connectivity index (χ4v) is 4.11. The summed E-state index contributed by atoms with van der Waals surface area (Å²) >= 11 is 3.38. The van der Waals surface area contributed by atoms with Crippen molar-refractivity contribution >= 4 is 27.5 Å². The third kappa shape index (κ3) is 2.82. The Morgan fingerprint density at radius 3 is 3.00 bits per heavy atom. The smallest absolute Gasteiger partial charge is 0.274 e. The zero-order chi connectivity index (χ0) is 19.3. The summed E-state index contributed by atoms with van der Waals surface area (Å²) < 4.78 is 7.94. The van der Waals surface area contributed by atoms with Crippen molar-refractivity contribution in [3.8, 4) is 11.3 Å². The Balaban J connectivity index is 1.45. The molecule has 140 valence electrons. The van der Waals surface area contributed by atoms with Gasteiger partial charge in [0.1, 0.15) is 5.76 Å². The Labute approximate surface area is 169 Å². The van der Waals surface area contributed by atoms with Gasteiger partial charge >= 0.3 is 0 Å². The van der Waals surface area contributed by atoms with Crippen LogP contribution in [0.1, 0.15) is 34.6 Å². The normalized spacial score (nSPS) is 16.4. The number of benzene rings is 1. The maximum atomic E-state index is 13.1. The fourth-order valence-electron chi connectivity index (χ4n) is 3.81. The molecule has 0 N–H and O–H groups in total. The van der Waals surface area contributed by atoms with Gasteiger partial charge in [-0.1, -0.05) is 12.1 Å². The number of halogens is 1. The number of hydrogen-bond acceptors (Lipinski definition) is 4. The molecule has 1 aliphatic heterocycles. The van der Waals surface area contributed by atoms with Crippen molar-refractivity contribution in [3.63, 3.8) is 0 Å². The van der Waals surface area contributed by atoms with Gasteiger partial charge in [0, 0.05) is 30.6 Å². The molecule has 0 saturated heterocycles. The summed E-state index contributed by atoms with van der Waals surface area (Å²) in [5.41, 5.74) is 4.55. The lowest BCUT2D eigenvalue weighted by atomic mass is 9.91. The summed E-state index contributed by atoms with van der Waals surface area (Å²) in [4.78, 5) is 19.3. The molecule has 0 aliphatic carbocycles. The molecule has 0 spiro atoms. The molecule has 0 radical (unpaired) electrons. The van der Waals surface area contributed by atoms with Gasteiger partial charge in [0.25, 0.3) is 5.91 Å². The van der Waals surface area contributed by atoms with Crippen LogP contribution in [0.15, 0.2) is 63.9 Å². The highest BCUT2D eigenvalue weighted by atomic mass is 79.9. The standard InChI is InChI=1S/C21H17BrN4O2/c1-13-17-5-4-15(19-3-2-8-28-19)9-14(17)6-7-25(13)21(27)18-10-20-23-11-16(22)12-26(20)24-18/h2-5,8-13H,6-7H2,1H3. The minimum absolute atomic E-state index is 0.0218. The van der Waals surface area contributed by atoms with Gasteiger partial charge in [0.2, 0.25) is 0 Å². The van der Waals surface area contributed by atoms with Crippen LogP contribution in [-0.2, 0) is 6.42 Å². The molecule has 1 aliphatic rings. The average molecular weight is 437 g/mol. The Morgan fingerprint density at radius 2 is 2.18 bits per heavy atom. The Kier molecular flexibility index (Phi) is 4.05. The van der Waals surface area contributed by atoms with E-state index >= 15 is 0 Å². The van der Waals surface area contributed by atoms with Crippen LogP contribution in [0.3, 0.4) is 0 Å². The van der Waals surface area contributed by atoms with Crippen LogP contribution in [-0.4, -0.2) is 31.9 Å². The highest BCUT2D eigenvalue weighted by Crippen LogP contribution is 2.33. The molecule has 1 aromatic carbocycles. The summed E-state index contributed by atoms with van der Waals surface area (Å²) in [5.74, 6) is 0.784. The van der Waals surface area contributed by atoms with Crippen LogP contribution in [0.5, 0.6) is 0 Å². The molecule has 1 atom stereocenters. The van der Waals surface area contributed by atoms with Gasteiger partial charge in [0.15, 0.2) is 11.3 Å². The van der Waals surface area contributed by atoms with E-state index in [-0.39, 0.29) is 11.9 Å². The second-order valence-corrected chi connectivity index (χ2v) is 7.84. The fraction of sp³-hybridized carbons (Fsp3) is 0.190. The predicted molar refractivity (Wildman–Crippen MR) is 108 cm³/mol. The first-order valence-electron chi connectivity index (χ1n) is 9.09. The molecule has 0 fully saturated rings. The van der Waals surface area contributed by atoms with E-state index in [2.05, 4.69) is 51.1 Å². The van der Waals surface area contributed by atoms with Gasteiger partial charge in [-0.2, -0.15) is 5.10 Å². The summed E-state index contributed by atoms with van der Waals surface area (Å²) in [5, 5.41) is 4.41. The van der Waals surface area contributed by atoms with E-state index in [0.717, 1.165) is 22.2 Å². The van der Waals surface area contributed by atoms with E-state index in [4.69, 9.17) is 4.42 Å². The molecule has 7 heteroatoms. The third-order valence-corrected chi connectivity index (χ3v) is 5.66. The van der Waals surface area contributed by atoms with Gasteiger partial charge < -0.3 is 9.32 Å². The molecule has 0 bridgehead atoms. The first kappa shape index (κ1) is 17.2. The third-order valence-electron chi connectivity index (χ3n) is 5.25. The van der Waals surface area contributed by atoms with Crippen molar-refractivity contribution < 1.29 is 9.21 Å². The first-order valence-corrected chi connectivity index (χ1v) is 9.88. The molecule has 3 aromatic heterocycles. The molecule has 1 amide bonds. The summed E-state index contributed by atoms with van der Waals surface area (Å²) in [6.07, 6.45) is 5.98. The van der Waals surface area contributed by atoms with Gasteiger partial charge in [-0.05, 0) is 58.6 Å². The number of nitrogens with zero attached hydrogens (tertiary/aromatic N) is 4. The number of aromatic nitrogens is 3. The zero-order valence-corrected chi connectivity index (χ0v) is 16.8. The molecular weight excluding hydrogens is 420 g/mol. The maximum Gasteiger partial charge on any atom is 0.274 e. The van der Waals surface area contributed by atoms with Crippen molar-refractivity contribution in [1.82, 2.24) is 19.5 Å². The van der Waals surface area contributed by atoms with Crippen LogP contribution in [0.4, 0.5) is 0 Å². The summed E-state index contributed by atoms with van der Waals surface area (Å²) in [6, 6.07) is 11.9. The van der Waals surface area contributed by atoms with E-state index in [9.17, 15) is 4.79 Å². The number of carbonyl (C=O) groups excluding carboxylic acids is 1. The first-order chi connectivity index (χ1) is 13.6. The molecule has 5 rings (SSSR count). The van der Waals surface area contributed by atoms with Crippen LogP contribution in [0, 0.1) is 0 Å². The Bertz CT molecular complexity index is 1180. The molecule has 28 heavy (non-hydrogen) atoms. The van der Waals surface area contributed by atoms with Crippen molar-refractivity contribution in [1.29, 1.82) is 0 Å².